The SMILES string of the molecule is CCNC(/C1=C/CCCCCC1)c1ccc(C)cc1OC. The fraction of sp³-hybridized carbons (Fsp3) is 0.579. The van der Waals surface area contributed by atoms with Gasteiger partial charge in [0.1, 0.15) is 5.75 Å². The summed E-state index contributed by atoms with van der Waals surface area (Å²) in [6, 6.07) is 6.85. The zero-order valence-electron chi connectivity index (χ0n) is 13.7. The van der Waals surface area contributed by atoms with E-state index in [4.69, 9.17) is 4.74 Å². The van der Waals surface area contributed by atoms with Crippen LogP contribution in [0.1, 0.15) is 62.6 Å². The Bertz CT molecular complexity index is 478. The van der Waals surface area contributed by atoms with Gasteiger partial charge < -0.3 is 10.1 Å². The lowest BCUT2D eigenvalue weighted by Gasteiger charge is -2.25. The number of methoxy groups -OCH3 is 1. The molecule has 0 amide bonds. The van der Waals surface area contributed by atoms with Crippen LogP contribution < -0.4 is 10.1 Å². The molecule has 116 valence electrons. The van der Waals surface area contributed by atoms with E-state index in [1.807, 2.05) is 0 Å². The van der Waals surface area contributed by atoms with Crippen molar-refractivity contribution in [3.05, 3.63) is 41.0 Å². The molecule has 1 aliphatic rings. The smallest absolute Gasteiger partial charge is 0.124 e. The Kier molecular flexibility index (Phi) is 6.31. The summed E-state index contributed by atoms with van der Waals surface area (Å²) in [6.07, 6.45) is 10.3. The van der Waals surface area contributed by atoms with Gasteiger partial charge in [-0.25, -0.2) is 0 Å². The topological polar surface area (TPSA) is 21.3 Å². The predicted molar refractivity (Wildman–Crippen MR) is 89.9 cm³/mol. The normalized spacial score (nSPS) is 20.0. The fourth-order valence-electron chi connectivity index (χ4n) is 3.18. The van der Waals surface area contributed by atoms with E-state index in [0.717, 1.165) is 12.3 Å². The summed E-state index contributed by atoms with van der Waals surface area (Å²) < 4.78 is 5.63. The third-order valence-corrected chi connectivity index (χ3v) is 4.31. The van der Waals surface area contributed by atoms with Crippen molar-refractivity contribution in [1.82, 2.24) is 5.32 Å². The number of hydrogen-bond donors (Lipinski definition) is 1. The van der Waals surface area contributed by atoms with Crippen molar-refractivity contribution >= 4 is 0 Å². The van der Waals surface area contributed by atoms with Gasteiger partial charge in [0.25, 0.3) is 0 Å². The number of rotatable bonds is 5. The van der Waals surface area contributed by atoms with E-state index in [0.29, 0.717) is 6.04 Å². The number of nitrogens with one attached hydrogen (secondary N) is 1. The molecule has 1 atom stereocenters. The summed E-state index contributed by atoms with van der Waals surface area (Å²) >= 11 is 0. The molecule has 1 aromatic carbocycles. The van der Waals surface area contributed by atoms with E-state index in [2.05, 4.69) is 43.4 Å². The molecule has 0 fully saturated rings. The van der Waals surface area contributed by atoms with Gasteiger partial charge in [0, 0.05) is 5.56 Å². The quantitative estimate of drug-likeness (QED) is 0.775. The van der Waals surface area contributed by atoms with Crippen LogP contribution in [-0.4, -0.2) is 13.7 Å². The molecular formula is C19H29NO. The first-order chi connectivity index (χ1) is 10.3. The van der Waals surface area contributed by atoms with Crippen LogP contribution in [0.3, 0.4) is 0 Å². The molecule has 0 bridgehead atoms. The highest BCUT2D eigenvalue weighted by atomic mass is 16.5. The molecule has 2 heteroatoms. The standard InChI is InChI=1S/C19H29NO/c1-4-20-19(16-10-8-6-5-7-9-11-16)17-13-12-15(2)14-18(17)21-3/h10,12-14,19-20H,4-9,11H2,1-3H3/b16-10+. The highest BCUT2D eigenvalue weighted by Crippen LogP contribution is 2.34. The van der Waals surface area contributed by atoms with Gasteiger partial charge in [0.2, 0.25) is 0 Å². The van der Waals surface area contributed by atoms with E-state index < -0.39 is 0 Å². The molecule has 1 aromatic rings. The molecule has 0 aliphatic heterocycles. The zero-order chi connectivity index (χ0) is 15.1. The number of aryl methyl sites for hydroxylation is 1. The van der Waals surface area contributed by atoms with E-state index in [1.54, 1.807) is 12.7 Å². The number of benzene rings is 1. The van der Waals surface area contributed by atoms with Gasteiger partial charge in [-0.05, 0) is 50.8 Å². The molecule has 0 saturated heterocycles. The van der Waals surface area contributed by atoms with Crippen LogP contribution in [0.2, 0.25) is 0 Å². The van der Waals surface area contributed by atoms with Gasteiger partial charge in [0.05, 0.1) is 13.2 Å². The van der Waals surface area contributed by atoms with Crippen molar-refractivity contribution in [3.8, 4) is 5.75 Å². The average molecular weight is 287 g/mol. The lowest BCUT2D eigenvalue weighted by molar-refractivity contribution is 0.402. The van der Waals surface area contributed by atoms with Gasteiger partial charge in [-0.3, -0.25) is 0 Å². The molecule has 1 unspecified atom stereocenters. The summed E-state index contributed by atoms with van der Waals surface area (Å²) in [5.41, 5.74) is 4.06. The van der Waals surface area contributed by atoms with E-state index >= 15 is 0 Å². The monoisotopic (exact) mass is 287 g/mol. The third-order valence-electron chi connectivity index (χ3n) is 4.31. The highest BCUT2D eigenvalue weighted by molar-refractivity contribution is 5.43. The first-order valence-electron chi connectivity index (χ1n) is 8.33. The van der Waals surface area contributed by atoms with Crippen LogP contribution in [0.5, 0.6) is 5.75 Å². The van der Waals surface area contributed by atoms with Crippen LogP contribution in [-0.2, 0) is 0 Å². The Morgan fingerprint density at radius 3 is 2.76 bits per heavy atom. The van der Waals surface area contributed by atoms with E-state index in [1.165, 1.54) is 49.7 Å². The van der Waals surface area contributed by atoms with Gasteiger partial charge in [-0.2, -0.15) is 0 Å². The van der Waals surface area contributed by atoms with Crippen LogP contribution in [0.4, 0.5) is 0 Å². The largest absolute Gasteiger partial charge is 0.496 e. The van der Waals surface area contributed by atoms with Crippen molar-refractivity contribution in [1.29, 1.82) is 0 Å². The van der Waals surface area contributed by atoms with Crippen molar-refractivity contribution < 1.29 is 4.74 Å². The minimum atomic E-state index is 0.295. The van der Waals surface area contributed by atoms with E-state index in [-0.39, 0.29) is 0 Å². The fourth-order valence-corrected chi connectivity index (χ4v) is 3.18. The Morgan fingerprint density at radius 2 is 2.00 bits per heavy atom. The van der Waals surface area contributed by atoms with Gasteiger partial charge in [-0.1, -0.05) is 43.5 Å². The maximum Gasteiger partial charge on any atom is 0.124 e. The summed E-state index contributed by atoms with van der Waals surface area (Å²) in [5.74, 6) is 1.00. The minimum Gasteiger partial charge on any atom is -0.496 e. The second kappa shape index (κ2) is 8.23. The summed E-state index contributed by atoms with van der Waals surface area (Å²) in [6.45, 7) is 5.26. The van der Waals surface area contributed by atoms with Gasteiger partial charge >= 0.3 is 0 Å². The molecule has 0 heterocycles. The Balaban J connectivity index is 2.33. The summed E-state index contributed by atoms with van der Waals surface area (Å²) in [7, 11) is 1.77. The van der Waals surface area contributed by atoms with Crippen molar-refractivity contribution in [2.75, 3.05) is 13.7 Å². The number of likely N-dealkylation sites (N-methyl/N-ethyl adjacent to an activating group) is 1. The van der Waals surface area contributed by atoms with Crippen LogP contribution >= 0.6 is 0 Å². The molecule has 2 nitrogen and oxygen atoms in total. The Hall–Kier alpha value is -1.28. The molecule has 21 heavy (non-hydrogen) atoms. The third kappa shape index (κ3) is 4.34. The molecule has 1 aliphatic carbocycles. The first kappa shape index (κ1) is 16.1. The maximum absolute atomic E-state index is 5.63. The molecule has 0 radical (unpaired) electrons. The molecule has 1 N–H and O–H groups in total. The summed E-state index contributed by atoms with van der Waals surface area (Å²) in [5, 5.41) is 3.66. The van der Waals surface area contributed by atoms with Crippen LogP contribution in [0.15, 0.2) is 29.8 Å². The molecular weight excluding hydrogens is 258 g/mol. The Labute approximate surface area is 129 Å². The van der Waals surface area contributed by atoms with Crippen LogP contribution in [0.25, 0.3) is 0 Å². The molecule has 2 rings (SSSR count). The second-order valence-corrected chi connectivity index (χ2v) is 5.97. The number of ether oxygens (including phenoxy) is 1. The summed E-state index contributed by atoms with van der Waals surface area (Å²) in [4.78, 5) is 0. The Morgan fingerprint density at radius 1 is 1.19 bits per heavy atom. The number of hydrogen-bond acceptors (Lipinski definition) is 2. The molecule has 0 saturated carbocycles. The van der Waals surface area contributed by atoms with Gasteiger partial charge in [0.15, 0.2) is 0 Å². The minimum absolute atomic E-state index is 0.295. The first-order valence-corrected chi connectivity index (χ1v) is 8.33. The maximum atomic E-state index is 5.63. The zero-order valence-corrected chi connectivity index (χ0v) is 13.7. The van der Waals surface area contributed by atoms with Crippen LogP contribution in [0, 0.1) is 6.92 Å². The van der Waals surface area contributed by atoms with E-state index in [9.17, 15) is 0 Å². The van der Waals surface area contributed by atoms with Crippen molar-refractivity contribution in [2.45, 2.75) is 58.4 Å². The number of allylic oxidation sites excluding steroid dienone is 1. The second-order valence-electron chi connectivity index (χ2n) is 5.97. The van der Waals surface area contributed by atoms with Gasteiger partial charge in [-0.15, -0.1) is 0 Å². The predicted octanol–water partition coefficient (Wildman–Crippen LogP) is 4.93. The lowest BCUT2D eigenvalue weighted by Crippen LogP contribution is -2.24. The average Bonchev–Trinajstić information content (AvgIpc) is 2.45. The van der Waals surface area contributed by atoms with Crippen molar-refractivity contribution in [2.24, 2.45) is 0 Å². The van der Waals surface area contributed by atoms with Crippen molar-refractivity contribution in [3.63, 3.8) is 0 Å². The molecule has 0 aromatic heterocycles. The molecule has 0 spiro atoms. The highest BCUT2D eigenvalue weighted by Gasteiger charge is 2.20. The lowest BCUT2D eigenvalue weighted by atomic mass is 9.90.